The minimum atomic E-state index is 0.522. The lowest BCUT2D eigenvalue weighted by Crippen LogP contribution is -2.44. The molecule has 0 aliphatic carbocycles. The molecule has 4 nitrogen and oxygen atoms in total. The summed E-state index contributed by atoms with van der Waals surface area (Å²) in [6.45, 7) is 9.91. The van der Waals surface area contributed by atoms with Gasteiger partial charge in [0.2, 0.25) is 0 Å². The van der Waals surface area contributed by atoms with Gasteiger partial charge in [-0.25, -0.2) is 0 Å². The number of hydrogen-bond donors (Lipinski definition) is 1. The maximum Gasteiger partial charge on any atom is 0.167 e. The maximum atomic E-state index is 5.50. The summed E-state index contributed by atoms with van der Waals surface area (Å²) in [6.07, 6.45) is 0.966. The Labute approximate surface area is 120 Å². The van der Waals surface area contributed by atoms with Crippen LogP contribution in [0.1, 0.15) is 31.0 Å². The van der Waals surface area contributed by atoms with Gasteiger partial charge in [0.05, 0.1) is 5.69 Å². The molecule has 0 radical (unpaired) electrons. The van der Waals surface area contributed by atoms with Gasteiger partial charge in [-0.2, -0.15) is 0 Å². The number of rotatable bonds is 4. The van der Waals surface area contributed by atoms with Crippen LogP contribution < -0.4 is 5.32 Å². The van der Waals surface area contributed by atoms with Gasteiger partial charge < -0.3 is 14.7 Å². The standard InChI is InChI=1S/C16H23N3O/c1-12(2)13-3-4-14-15(18-20-16(14)11-13)5-8-19-9-6-17-7-10-19/h3-4,11-12,17H,5-10H2,1-2H3. The zero-order valence-electron chi connectivity index (χ0n) is 12.4. The van der Waals surface area contributed by atoms with Gasteiger partial charge in [-0.1, -0.05) is 25.1 Å². The van der Waals surface area contributed by atoms with Crippen LogP contribution in [0.2, 0.25) is 0 Å². The molecule has 0 saturated carbocycles. The van der Waals surface area contributed by atoms with E-state index < -0.39 is 0 Å². The van der Waals surface area contributed by atoms with Crippen LogP contribution in [-0.4, -0.2) is 42.8 Å². The minimum absolute atomic E-state index is 0.522. The SMILES string of the molecule is CC(C)c1ccc2c(CCN3CCNCC3)noc2c1. The fraction of sp³-hybridized carbons (Fsp3) is 0.562. The van der Waals surface area contributed by atoms with Crippen molar-refractivity contribution in [2.45, 2.75) is 26.2 Å². The van der Waals surface area contributed by atoms with Crippen molar-refractivity contribution in [2.75, 3.05) is 32.7 Å². The summed E-state index contributed by atoms with van der Waals surface area (Å²) >= 11 is 0. The summed E-state index contributed by atoms with van der Waals surface area (Å²) in [5, 5.41) is 8.81. The van der Waals surface area contributed by atoms with Crippen molar-refractivity contribution < 1.29 is 4.52 Å². The van der Waals surface area contributed by atoms with Crippen LogP contribution in [0.5, 0.6) is 0 Å². The van der Waals surface area contributed by atoms with Crippen LogP contribution >= 0.6 is 0 Å². The lowest BCUT2D eigenvalue weighted by Gasteiger charge is -2.26. The highest BCUT2D eigenvalue weighted by Crippen LogP contribution is 2.24. The van der Waals surface area contributed by atoms with Crippen molar-refractivity contribution in [3.8, 4) is 0 Å². The van der Waals surface area contributed by atoms with Gasteiger partial charge in [0.25, 0.3) is 0 Å². The molecular formula is C16H23N3O. The molecule has 1 saturated heterocycles. The van der Waals surface area contributed by atoms with E-state index in [4.69, 9.17) is 4.52 Å². The highest BCUT2D eigenvalue weighted by Gasteiger charge is 2.13. The molecule has 1 aliphatic rings. The highest BCUT2D eigenvalue weighted by molar-refractivity contribution is 5.80. The van der Waals surface area contributed by atoms with Crippen LogP contribution in [0.3, 0.4) is 0 Å². The molecule has 0 spiro atoms. The first kappa shape index (κ1) is 13.6. The molecule has 2 heterocycles. The molecule has 1 aromatic heterocycles. The predicted octanol–water partition coefficient (Wildman–Crippen LogP) is 2.40. The van der Waals surface area contributed by atoms with E-state index in [1.54, 1.807) is 0 Å². The van der Waals surface area contributed by atoms with Gasteiger partial charge in [0, 0.05) is 44.5 Å². The number of hydrogen-bond acceptors (Lipinski definition) is 4. The highest BCUT2D eigenvalue weighted by atomic mass is 16.5. The van der Waals surface area contributed by atoms with Gasteiger partial charge in [0.15, 0.2) is 5.58 Å². The number of nitrogens with zero attached hydrogens (tertiary/aromatic N) is 2. The fourth-order valence-corrected chi connectivity index (χ4v) is 2.74. The second-order valence-electron chi connectivity index (χ2n) is 5.88. The lowest BCUT2D eigenvalue weighted by atomic mass is 10.0. The van der Waals surface area contributed by atoms with E-state index in [1.807, 2.05) is 0 Å². The van der Waals surface area contributed by atoms with Gasteiger partial charge in [0.1, 0.15) is 0 Å². The van der Waals surface area contributed by atoms with Crippen LogP contribution in [0.25, 0.3) is 11.0 Å². The fourth-order valence-electron chi connectivity index (χ4n) is 2.74. The molecule has 108 valence electrons. The summed E-state index contributed by atoms with van der Waals surface area (Å²) in [4.78, 5) is 2.49. The van der Waals surface area contributed by atoms with Gasteiger partial charge in [-0.05, 0) is 23.6 Å². The number of piperazine rings is 1. The number of fused-ring (bicyclic) bond motifs is 1. The first-order valence-corrected chi connectivity index (χ1v) is 7.55. The van der Waals surface area contributed by atoms with E-state index in [0.29, 0.717) is 5.92 Å². The van der Waals surface area contributed by atoms with Crippen LogP contribution in [-0.2, 0) is 6.42 Å². The molecule has 4 heteroatoms. The first-order chi connectivity index (χ1) is 9.74. The summed E-state index contributed by atoms with van der Waals surface area (Å²) in [6, 6.07) is 6.48. The van der Waals surface area contributed by atoms with E-state index in [-0.39, 0.29) is 0 Å². The largest absolute Gasteiger partial charge is 0.356 e. The average molecular weight is 273 g/mol. The van der Waals surface area contributed by atoms with Gasteiger partial charge in [-0.3, -0.25) is 0 Å². The molecular weight excluding hydrogens is 250 g/mol. The predicted molar refractivity (Wildman–Crippen MR) is 81.1 cm³/mol. The van der Waals surface area contributed by atoms with Crippen molar-refractivity contribution >= 4 is 11.0 Å². The molecule has 1 N–H and O–H groups in total. The van der Waals surface area contributed by atoms with E-state index in [0.717, 1.165) is 50.4 Å². The molecule has 1 aliphatic heterocycles. The normalized spacial score (nSPS) is 17.1. The van der Waals surface area contributed by atoms with E-state index in [2.05, 4.69) is 47.4 Å². The van der Waals surface area contributed by atoms with Crippen LogP contribution in [0.15, 0.2) is 22.7 Å². The second-order valence-corrected chi connectivity index (χ2v) is 5.88. The molecule has 2 aromatic rings. The smallest absolute Gasteiger partial charge is 0.167 e. The molecule has 20 heavy (non-hydrogen) atoms. The molecule has 1 fully saturated rings. The molecule has 3 rings (SSSR count). The Kier molecular flexibility index (Phi) is 4.03. The topological polar surface area (TPSA) is 41.3 Å². The van der Waals surface area contributed by atoms with Crippen LogP contribution in [0.4, 0.5) is 0 Å². The second kappa shape index (κ2) is 5.94. The van der Waals surface area contributed by atoms with E-state index in [1.165, 1.54) is 10.9 Å². The van der Waals surface area contributed by atoms with E-state index in [9.17, 15) is 0 Å². The van der Waals surface area contributed by atoms with Gasteiger partial charge >= 0.3 is 0 Å². The zero-order valence-corrected chi connectivity index (χ0v) is 12.4. The Bertz CT molecular complexity index is 570. The summed E-state index contributed by atoms with van der Waals surface area (Å²) in [7, 11) is 0. The zero-order chi connectivity index (χ0) is 13.9. The third kappa shape index (κ3) is 2.86. The van der Waals surface area contributed by atoms with Crippen LogP contribution in [0, 0.1) is 0 Å². The Morgan fingerprint density at radius 3 is 2.85 bits per heavy atom. The molecule has 0 amide bonds. The summed E-state index contributed by atoms with van der Waals surface area (Å²) < 4.78 is 5.50. The Hall–Kier alpha value is -1.39. The molecule has 0 unspecified atom stereocenters. The minimum Gasteiger partial charge on any atom is -0.356 e. The van der Waals surface area contributed by atoms with Crippen molar-refractivity contribution in [3.05, 3.63) is 29.5 Å². The third-order valence-electron chi connectivity index (χ3n) is 4.11. The quantitative estimate of drug-likeness (QED) is 0.929. The van der Waals surface area contributed by atoms with Crippen molar-refractivity contribution in [1.29, 1.82) is 0 Å². The Balaban J connectivity index is 1.71. The number of nitrogens with one attached hydrogen (secondary N) is 1. The van der Waals surface area contributed by atoms with Gasteiger partial charge in [-0.15, -0.1) is 0 Å². The third-order valence-corrected chi connectivity index (χ3v) is 4.11. The molecule has 1 aromatic carbocycles. The summed E-state index contributed by atoms with van der Waals surface area (Å²) in [5.41, 5.74) is 3.32. The van der Waals surface area contributed by atoms with Crippen molar-refractivity contribution in [1.82, 2.24) is 15.4 Å². The Morgan fingerprint density at radius 1 is 1.30 bits per heavy atom. The lowest BCUT2D eigenvalue weighted by molar-refractivity contribution is 0.242. The van der Waals surface area contributed by atoms with E-state index >= 15 is 0 Å². The van der Waals surface area contributed by atoms with Crippen molar-refractivity contribution in [3.63, 3.8) is 0 Å². The molecule has 0 bridgehead atoms. The average Bonchev–Trinajstić information content (AvgIpc) is 2.88. The number of aromatic nitrogens is 1. The maximum absolute atomic E-state index is 5.50. The molecule has 0 atom stereocenters. The summed E-state index contributed by atoms with van der Waals surface area (Å²) in [5.74, 6) is 0.522. The number of benzene rings is 1. The first-order valence-electron chi connectivity index (χ1n) is 7.55. The monoisotopic (exact) mass is 273 g/mol. The Morgan fingerprint density at radius 2 is 2.10 bits per heavy atom. The van der Waals surface area contributed by atoms with Crippen molar-refractivity contribution in [2.24, 2.45) is 0 Å².